The number of aryl methyl sites for hydroxylation is 1. The van der Waals surface area contributed by atoms with Crippen LogP contribution >= 0.6 is 36.6 Å². The molecule has 1 amide bonds. The number of carbonyl (C=O) groups is 1. The maximum atomic E-state index is 12.3. The quantitative estimate of drug-likeness (QED) is 0.775. The fourth-order valence-electron chi connectivity index (χ4n) is 2.78. The number of hydrogen-bond acceptors (Lipinski definition) is 5. The summed E-state index contributed by atoms with van der Waals surface area (Å²) in [7, 11) is 0. The molecule has 3 N–H and O–H groups in total. The van der Waals surface area contributed by atoms with E-state index in [1.807, 2.05) is 24.8 Å². The minimum atomic E-state index is -0.178. The zero-order valence-electron chi connectivity index (χ0n) is 14.7. The Balaban J connectivity index is 0.00000169. The van der Waals surface area contributed by atoms with Crippen LogP contribution in [-0.2, 0) is 13.1 Å². The molecule has 1 aliphatic heterocycles. The van der Waals surface area contributed by atoms with Crippen molar-refractivity contribution in [3.63, 3.8) is 0 Å². The Morgan fingerprint density at radius 2 is 2.00 bits per heavy atom. The van der Waals surface area contributed by atoms with E-state index >= 15 is 0 Å². The average Bonchev–Trinajstić information content (AvgIpc) is 3.07. The minimum Gasteiger partial charge on any atom is -0.467 e. The van der Waals surface area contributed by atoms with Gasteiger partial charge in [-0.3, -0.25) is 9.69 Å². The Morgan fingerprint density at radius 1 is 1.27 bits per heavy atom. The molecule has 8 heteroatoms. The Kier molecular flexibility index (Phi) is 9.54. The highest BCUT2D eigenvalue weighted by molar-refractivity contribution is 7.99. The average molecular weight is 418 g/mol. The number of hydrogen-bond donors (Lipinski definition) is 2. The first kappa shape index (κ1) is 22.9. The third-order valence-electron chi connectivity index (χ3n) is 4.17. The van der Waals surface area contributed by atoms with Gasteiger partial charge in [0.05, 0.1) is 12.1 Å². The standard InChI is InChI=1S/C18H23N3O2S.2ClH/c1-13-8-14(11-21-4-6-24-7-5-21)2-3-17(13)20-18(22)15-9-16(10-19)23-12-15;;/h2-3,8-9,12H,4-7,10-11,19H2,1H3,(H,20,22);2*1H. The monoisotopic (exact) mass is 417 g/mol. The van der Waals surface area contributed by atoms with Crippen LogP contribution in [0.1, 0.15) is 27.2 Å². The van der Waals surface area contributed by atoms with Crippen LogP contribution in [0, 0.1) is 6.92 Å². The Morgan fingerprint density at radius 3 is 2.62 bits per heavy atom. The molecule has 0 spiro atoms. The lowest BCUT2D eigenvalue weighted by Crippen LogP contribution is -2.31. The van der Waals surface area contributed by atoms with Gasteiger partial charge in [0.2, 0.25) is 0 Å². The molecule has 1 aliphatic rings. The van der Waals surface area contributed by atoms with Crippen LogP contribution in [0.5, 0.6) is 0 Å². The molecule has 1 aromatic carbocycles. The number of nitrogens with zero attached hydrogens (tertiary/aromatic N) is 1. The molecule has 144 valence electrons. The van der Waals surface area contributed by atoms with Crippen molar-refractivity contribution < 1.29 is 9.21 Å². The van der Waals surface area contributed by atoms with Gasteiger partial charge in [-0.2, -0.15) is 11.8 Å². The molecular formula is C18H25Cl2N3O2S. The summed E-state index contributed by atoms with van der Waals surface area (Å²) in [6, 6.07) is 7.89. The summed E-state index contributed by atoms with van der Waals surface area (Å²) in [5, 5.41) is 2.94. The summed E-state index contributed by atoms with van der Waals surface area (Å²) in [5.74, 6) is 2.85. The molecular weight excluding hydrogens is 393 g/mol. The van der Waals surface area contributed by atoms with Crippen LogP contribution in [-0.4, -0.2) is 35.4 Å². The third kappa shape index (κ3) is 5.93. The molecule has 0 bridgehead atoms. The third-order valence-corrected chi connectivity index (χ3v) is 5.11. The predicted molar refractivity (Wildman–Crippen MR) is 113 cm³/mol. The van der Waals surface area contributed by atoms with Crippen molar-refractivity contribution >= 4 is 48.2 Å². The first-order chi connectivity index (χ1) is 11.7. The van der Waals surface area contributed by atoms with E-state index in [1.165, 1.54) is 23.3 Å². The largest absolute Gasteiger partial charge is 0.467 e. The zero-order valence-corrected chi connectivity index (χ0v) is 17.1. The van der Waals surface area contributed by atoms with E-state index in [4.69, 9.17) is 10.2 Å². The number of benzene rings is 1. The highest BCUT2D eigenvalue weighted by atomic mass is 35.5. The van der Waals surface area contributed by atoms with Gasteiger partial charge in [-0.25, -0.2) is 0 Å². The molecule has 0 saturated carbocycles. The van der Waals surface area contributed by atoms with Crippen LogP contribution < -0.4 is 11.1 Å². The first-order valence-electron chi connectivity index (χ1n) is 8.14. The normalized spacial score (nSPS) is 14.2. The summed E-state index contributed by atoms with van der Waals surface area (Å²) in [6.07, 6.45) is 1.44. The molecule has 2 heterocycles. The van der Waals surface area contributed by atoms with E-state index in [9.17, 15) is 4.79 Å². The number of nitrogens with one attached hydrogen (secondary N) is 1. The molecule has 0 atom stereocenters. The summed E-state index contributed by atoms with van der Waals surface area (Å²) in [5.41, 5.74) is 9.17. The predicted octanol–water partition coefficient (Wildman–Crippen LogP) is 3.69. The highest BCUT2D eigenvalue weighted by Gasteiger charge is 2.13. The molecule has 1 fully saturated rings. The van der Waals surface area contributed by atoms with E-state index < -0.39 is 0 Å². The Bertz CT molecular complexity index is 718. The maximum Gasteiger partial charge on any atom is 0.258 e. The van der Waals surface area contributed by atoms with Crippen molar-refractivity contribution in [1.82, 2.24) is 4.90 Å². The number of rotatable bonds is 5. The Labute approximate surface area is 170 Å². The van der Waals surface area contributed by atoms with Crippen molar-refractivity contribution in [2.24, 2.45) is 5.73 Å². The van der Waals surface area contributed by atoms with Crippen LogP contribution in [0.15, 0.2) is 34.9 Å². The molecule has 1 saturated heterocycles. The van der Waals surface area contributed by atoms with E-state index in [0.29, 0.717) is 11.3 Å². The fourth-order valence-corrected chi connectivity index (χ4v) is 3.76. The number of anilines is 1. The van der Waals surface area contributed by atoms with Gasteiger partial charge in [-0.15, -0.1) is 24.8 Å². The summed E-state index contributed by atoms with van der Waals surface area (Å²) in [6.45, 7) is 5.57. The summed E-state index contributed by atoms with van der Waals surface area (Å²) in [4.78, 5) is 14.8. The van der Waals surface area contributed by atoms with Gasteiger partial charge in [0.1, 0.15) is 12.0 Å². The van der Waals surface area contributed by atoms with Crippen molar-refractivity contribution in [1.29, 1.82) is 0 Å². The molecule has 26 heavy (non-hydrogen) atoms. The lowest BCUT2D eigenvalue weighted by atomic mass is 10.1. The second kappa shape index (κ2) is 10.8. The van der Waals surface area contributed by atoms with Gasteiger partial charge in [0.25, 0.3) is 5.91 Å². The maximum absolute atomic E-state index is 12.3. The second-order valence-electron chi connectivity index (χ2n) is 6.00. The number of furan rings is 1. The molecule has 2 aromatic rings. The minimum absolute atomic E-state index is 0. The number of halogens is 2. The van der Waals surface area contributed by atoms with Gasteiger partial charge < -0.3 is 15.5 Å². The molecule has 0 aliphatic carbocycles. The van der Waals surface area contributed by atoms with Gasteiger partial charge in [0.15, 0.2) is 0 Å². The number of nitrogens with two attached hydrogens (primary N) is 1. The van der Waals surface area contributed by atoms with Gasteiger partial charge in [-0.1, -0.05) is 12.1 Å². The van der Waals surface area contributed by atoms with Crippen LogP contribution in [0.2, 0.25) is 0 Å². The van der Waals surface area contributed by atoms with Gasteiger partial charge in [0, 0.05) is 36.8 Å². The Hall–Kier alpha value is -1.18. The van der Waals surface area contributed by atoms with Gasteiger partial charge >= 0.3 is 0 Å². The number of thioether (sulfide) groups is 1. The van der Waals surface area contributed by atoms with Crippen molar-refractivity contribution in [3.8, 4) is 0 Å². The molecule has 0 radical (unpaired) electrons. The molecule has 0 unspecified atom stereocenters. The van der Waals surface area contributed by atoms with Crippen molar-refractivity contribution in [2.45, 2.75) is 20.0 Å². The lowest BCUT2D eigenvalue weighted by molar-refractivity contribution is 0.102. The second-order valence-corrected chi connectivity index (χ2v) is 7.22. The van der Waals surface area contributed by atoms with E-state index in [-0.39, 0.29) is 37.3 Å². The lowest BCUT2D eigenvalue weighted by Gasteiger charge is -2.26. The summed E-state index contributed by atoms with van der Waals surface area (Å²) < 4.78 is 5.21. The van der Waals surface area contributed by atoms with Crippen molar-refractivity contribution in [2.75, 3.05) is 29.9 Å². The zero-order chi connectivity index (χ0) is 16.9. The highest BCUT2D eigenvalue weighted by Crippen LogP contribution is 2.20. The molecule has 1 aromatic heterocycles. The summed E-state index contributed by atoms with van der Waals surface area (Å²) >= 11 is 2.02. The van der Waals surface area contributed by atoms with Crippen LogP contribution in [0.3, 0.4) is 0 Å². The first-order valence-corrected chi connectivity index (χ1v) is 9.29. The van der Waals surface area contributed by atoms with Crippen molar-refractivity contribution in [3.05, 3.63) is 53.0 Å². The van der Waals surface area contributed by atoms with Gasteiger partial charge in [-0.05, 0) is 30.2 Å². The SMILES string of the molecule is Cc1cc(CN2CCSCC2)ccc1NC(=O)c1coc(CN)c1.Cl.Cl. The topological polar surface area (TPSA) is 71.5 Å². The fraction of sp³-hybridized carbons (Fsp3) is 0.389. The van der Waals surface area contributed by atoms with E-state index in [0.717, 1.165) is 30.9 Å². The van der Waals surface area contributed by atoms with E-state index in [1.54, 1.807) is 6.07 Å². The molecule has 3 rings (SSSR count). The van der Waals surface area contributed by atoms with E-state index in [2.05, 4.69) is 22.3 Å². The number of carbonyl (C=O) groups excluding carboxylic acids is 1. The smallest absolute Gasteiger partial charge is 0.258 e. The molecule has 5 nitrogen and oxygen atoms in total. The van der Waals surface area contributed by atoms with Crippen LogP contribution in [0.4, 0.5) is 5.69 Å². The van der Waals surface area contributed by atoms with Crippen LogP contribution in [0.25, 0.3) is 0 Å². The number of amides is 1.